The lowest BCUT2D eigenvalue weighted by atomic mass is 10.0. The van der Waals surface area contributed by atoms with Crippen molar-refractivity contribution < 1.29 is 8.42 Å². The van der Waals surface area contributed by atoms with Crippen molar-refractivity contribution in [3.8, 4) is 6.07 Å². The summed E-state index contributed by atoms with van der Waals surface area (Å²) in [5.41, 5.74) is 0.169. The van der Waals surface area contributed by atoms with Gasteiger partial charge in [-0.15, -0.1) is 0 Å². The summed E-state index contributed by atoms with van der Waals surface area (Å²) in [5, 5.41) is 9.00. The molecule has 0 unspecified atom stereocenters. The molecular weight excluding hydrogens is 292 g/mol. The van der Waals surface area contributed by atoms with Gasteiger partial charge < -0.3 is 0 Å². The topological polar surface area (TPSA) is 70.0 Å². The van der Waals surface area contributed by atoms with Crippen molar-refractivity contribution in [1.82, 2.24) is 4.72 Å². The van der Waals surface area contributed by atoms with Crippen molar-refractivity contribution in [3.63, 3.8) is 0 Å². The van der Waals surface area contributed by atoms with Gasteiger partial charge in [0.1, 0.15) is 6.07 Å². The van der Waals surface area contributed by atoms with Crippen LogP contribution in [0, 0.1) is 11.3 Å². The minimum Gasteiger partial charge on any atom is -0.210 e. The molecule has 0 aliphatic rings. The van der Waals surface area contributed by atoms with Crippen molar-refractivity contribution in [3.05, 3.63) is 29.8 Å². The second-order valence-corrected chi connectivity index (χ2v) is 7.54. The summed E-state index contributed by atoms with van der Waals surface area (Å²) in [7, 11) is -3.65. The third kappa shape index (κ3) is 3.75. The molecule has 1 aromatic carbocycles. The average molecular weight is 312 g/mol. The molecule has 0 aliphatic heterocycles. The van der Waals surface area contributed by atoms with Crippen molar-refractivity contribution in [2.45, 2.75) is 36.3 Å². The second kappa shape index (κ2) is 7.11. The molecule has 1 aromatic rings. The van der Waals surface area contributed by atoms with E-state index in [1.54, 1.807) is 23.9 Å². The molecule has 20 heavy (non-hydrogen) atoms. The second-order valence-electron chi connectivity index (χ2n) is 4.53. The van der Waals surface area contributed by atoms with Gasteiger partial charge in [-0.05, 0) is 31.2 Å². The van der Waals surface area contributed by atoms with Gasteiger partial charge in [-0.1, -0.05) is 26.0 Å². The van der Waals surface area contributed by atoms with Crippen LogP contribution in [0.2, 0.25) is 0 Å². The Labute approximate surface area is 125 Å². The Morgan fingerprint density at radius 1 is 1.30 bits per heavy atom. The van der Waals surface area contributed by atoms with Crippen LogP contribution < -0.4 is 4.72 Å². The van der Waals surface area contributed by atoms with E-state index < -0.39 is 10.0 Å². The molecule has 0 fully saturated rings. The molecule has 0 aromatic heterocycles. The standard InChI is InChI=1S/C14H20N2O2S2/c1-4-14(5-2,19-3)11-16-20(17,18)13-9-7-6-8-12(13)10-15/h6-9,16H,4-5,11H2,1-3H3. The van der Waals surface area contributed by atoms with Crippen LogP contribution >= 0.6 is 11.8 Å². The number of nitrogens with one attached hydrogen (secondary N) is 1. The summed E-state index contributed by atoms with van der Waals surface area (Å²) in [6.07, 6.45) is 3.75. The zero-order valence-corrected chi connectivity index (χ0v) is 13.6. The first kappa shape index (κ1) is 17.0. The Morgan fingerprint density at radius 2 is 1.90 bits per heavy atom. The number of sulfonamides is 1. The van der Waals surface area contributed by atoms with Crippen LogP contribution in [0.3, 0.4) is 0 Å². The molecule has 0 amide bonds. The van der Waals surface area contributed by atoms with Crippen LogP contribution in [-0.2, 0) is 10.0 Å². The van der Waals surface area contributed by atoms with E-state index in [1.807, 2.05) is 12.3 Å². The fourth-order valence-corrected chi connectivity index (χ4v) is 4.13. The lowest BCUT2D eigenvalue weighted by Crippen LogP contribution is -2.39. The van der Waals surface area contributed by atoms with Gasteiger partial charge in [-0.25, -0.2) is 13.1 Å². The fourth-order valence-electron chi connectivity index (χ4n) is 1.96. The Balaban J connectivity index is 3.00. The van der Waals surface area contributed by atoms with E-state index in [0.717, 1.165) is 12.8 Å². The summed E-state index contributed by atoms with van der Waals surface area (Å²) in [5.74, 6) is 0. The number of rotatable bonds is 7. The zero-order valence-electron chi connectivity index (χ0n) is 12.0. The van der Waals surface area contributed by atoms with Crippen molar-refractivity contribution in [2.75, 3.05) is 12.8 Å². The molecule has 0 spiro atoms. The van der Waals surface area contributed by atoms with Gasteiger partial charge >= 0.3 is 0 Å². The summed E-state index contributed by atoms with van der Waals surface area (Å²) in [6, 6.07) is 8.16. The van der Waals surface area contributed by atoms with Crippen molar-refractivity contribution in [2.24, 2.45) is 0 Å². The molecule has 4 nitrogen and oxygen atoms in total. The SMILES string of the molecule is CCC(CC)(CNS(=O)(=O)c1ccccc1C#N)SC. The van der Waals surface area contributed by atoms with Crippen molar-refractivity contribution >= 4 is 21.8 Å². The maximum absolute atomic E-state index is 12.3. The highest BCUT2D eigenvalue weighted by atomic mass is 32.2. The number of benzene rings is 1. The van der Waals surface area contributed by atoms with Crippen molar-refractivity contribution in [1.29, 1.82) is 5.26 Å². The minimum atomic E-state index is -3.65. The highest BCUT2D eigenvalue weighted by molar-refractivity contribution is 8.00. The van der Waals surface area contributed by atoms with Gasteiger partial charge in [0, 0.05) is 11.3 Å². The highest BCUT2D eigenvalue weighted by Gasteiger charge is 2.28. The maximum Gasteiger partial charge on any atom is 0.241 e. The molecule has 0 saturated carbocycles. The zero-order chi connectivity index (χ0) is 15.2. The molecule has 0 saturated heterocycles. The molecule has 0 aliphatic carbocycles. The summed E-state index contributed by atoms with van der Waals surface area (Å²) >= 11 is 1.67. The molecule has 0 radical (unpaired) electrons. The Morgan fingerprint density at radius 3 is 2.40 bits per heavy atom. The van der Waals surface area contributed by atoms with E-state index in [4.69, 9.17) is 5.26 Å². The molecular formula is C14H20N2O2S2. The first-order valence-electron chi connectivity index (χ1n) is 6.48. The van der Waals surface area contributed by atoms with Crippen LogP contribution in [0.15, 0.2) is 29.2 Å². The predicted octanol–water partition coefficient (Wildman–Crippen LogP) is 2.76. The number of hydrogen-bond acceptors (Lipinski definition) is 4. The molecule has 0 atom stereocenters. The number of thioether (sulfide) groups is 1. The summed E-state index contributed by atoms with van der Waals surface area (Å²) in [4.78, 5) is 0.0460. The molecule has 6 heteroatoms. The van der Waals surface area contributed by atoms with Crippen LogP contribution in [0.1, 0.15) is 32.3 Å². The van der Waals surface area contributed by atoms with Gasteiger partial charge in [0.15, 0.2) is 0 Å². The smallest absolute Gasteiger partial charge is 0.210 e. The van der Waals surface area contributed by atoms with E-state index in [2.05, 4.69) is 18.6 Å². The van der Waals surface area contributed by atoms with E-state index in [9.17, 15) is 8.42 Å². The Bertz CT molecular complexity index is 579. The molecule has 1 rings (SSSR count). The quantitative estimate of drug-likeness (QED) is 0.840. The molecule has 1 N–H and O–H groups in total. The van der Waals surface area contributed by atoms with Gasteiger partial charge in [-0.2, -0.15) is 17.0 Å². The lowest BCUT2D eigenvalue weighted by Gasteiger charge is -2.29. The van der Waals surface area contributed by atoms with Crippen LogP contribution in [0.4, 0.5) is 0 Å². The normalized spacial score (nSPS) is 12.1. The van der Waals surface area contributed by atoms with E-state index in [1.165, 1.54) is 12.1 Å². The number of nitrogens with zero attached hydrogens (tertiary/aromatic N) is 1. The van der Waals surface area contributed by atoms with Gasteiger partial charge in [0.25, 0.3) is 0 Å². The molecule has 0 heterocycles. The van der Waals surface area contributed by atoms with Gasteiger partial charge in [0.05, 0.1) is 10.5 Å². The lowest BCUT2D eigenvalue weighted by molar-refractivity contribution is 0.522. The van der Waals surface area contributed by atoms with E-state index in [0.29, 0.717) is 6.54 Å². The van der Waals surface area contributed by atoms with Crippen LogP contribution in [0.25, 0.3) is 0 Å². The Kier molecular flexibility index (Phi) is 6.06. The third-order valence-corrected chi connectivity index (χ3v) is 6.65. The van der Waals surface area contributed by atoms with Crippen LogP contribution in [0.5, 0.6) is 0 Å². The van der Waals surface area contributed by atoms with Gasteiger partial charge in [0.2, 0.25) is 10.0 Å². The fraction of sp³-hybridized carbons (Fsp3) is 0.500. The minimum absolute atomic E-state index is 0.0460. The predicted molar refractivity (Wildman–Crippen MR) is 83.2 cm³/mol. The summed E-state index contributed by atoms with van der Waals surface area (Å²) < 4.78 is 27.2. The van der Waals surface area contributed by atoms with E-state index >= 15 is 0 Å². The average Bonchev–Trinajstić information content (AvgIpc) is 2.49. The summed E-state index contributed by atoms with van der Waals surface area (Å²) in [6.45, 7) is 4.47. The first-order chi connectivity index (χ1) is 9.44. The maximum atomic E-state index is 12.3. The Hall–Kier alpha value is -1.03. The first-order valence-corrected chi connectivity index (χ1v) is 9.19. The third-order valence-electron chi connectivity index (χ3n) is 3.60. The van der Waals surface area contributed by atoms with Crippen LogP contribution in [-0.4, -0.2) is 26.0 Å². The molecule has 110 valence electrons. The van der Waals surface area contributed by atoms with Gasteiger partial charge in [-0.3, -0.25) is 0 Å². The largest absolute Gasteiger partial charge is 0.241 e. The monoisotopic (exact) mass is 312 g/mol. The van der Waals surface area contributed by atoms with E-state index in [-0.39, 0.29) is 15.2 Å². The number of nitriles is 1. The highest BCUT2D eigenvalue weighted by Crippen LogP contribution is 2.30. The number of hydrogen-bond donors (Lipinski definition) is 1. The molecule has 0 bridgehead atoms.